The molecule has 0 aliphatic rings. The highest BCUT2D eigenvalue weighted by Gasteiger charge is 2.47. The Kier molecular flexibility index (Phi) is 12.9. The number of rotatable bonds is 15. The standard InChI is InChI=1S/C34H52O3Si/c1-25(2)31(18-14-15-23-36-24-30-16-12-11-13-17-30)21-22-32-20-19-29(9)33(35-10)34(32)37-38(26(3)4,27(5)6)28(7)8/h11-14,16-17,19-20,25-28H,15,21-24H2,1-10H3. The molecule has 0 N–H and O–H groups in total. The monoisotopic (exact) mass is 536 g/mol. The second-order valence-electron chi connectivity index (χ2n) is 11.7. The molecule has 2 rings (SSSR count). The molecule has 0 amide bonds. The van der Waals surface area contributed by atoms with Crippen LogP contribution < -0.4 is 9.16 Å². The molecule has 0 radical (unpaired) electrons. The van der Waals surface area contributed by atoms with Gasteiger partial charge in [0.05, 0.1) is 20.3 Å². The minimum absolute atomic E-state index is 0.434. The van der Waals surface area contributed by atoms with E-state index in [0.29, 0.717) is 35.8 Å². The van der Waals surface area contributed by atoms with Crippen LogP contribution in [-0.4, -0.2) is 22.0 Å². The molecule has 0 saturated carbocycles. The topological polar surface area (TPSA) is 27.7 Å². The van der Waals surface area contributed by atoms with Gasteiger partial charge in [-0.1, -0.05) is 97.9 Å². The molecule has 0 aliphatic heterocycles. The van der Waals surface area contributed by atoms with E-state index >= 15 is 0 Å². The molecule has 0 aliphatic carbocycles. The molecule has 0 spiro atoms. The average molecular weight is 537 g/mol. The van der Waals surface area contributed by atoms with Gasteiger partial charge < -0.3 is 13.9 Å². The van der Waals surface area contributed by atoms with Crippen LogP contribution in [0.4, 0.5) is 0 Å². The van der Waals surface area contributed by atoms with Crippen LogP contribution in [0.1, 0.15) is 84.9 Å². The molecule has 0 atom stereocenters. The van der Waals surface area contributed by atoms with Crippen molar-refractivity contribution >= 4 is 8.32 Å². The Morgan fingerprint density at radius 2 is 1.50 bits per heavy atom. The molecule has 2 aromatic carbocycles. The lowest BCUT2D eigenvalue weighted by Gasteiger charge is -2.43. The van der Waals surface area contributed by atoms with Crippen LogP contribution in [0.3, 0.4) is 0 Å². The molecule has 0 unspecified atom stereocenters. The van der Waals surface area contributed by atoms with Gasteiger partial charge in [0.15, 0.2) is 5.75 Å². The minimum atomic E-state index is -2.13. The molecule has 38 heavy (non-hydrogen) atoms. The lowest BCUT2D eigenvalue weighted by atomic mass is 9.95. The highest BCUT2D eigenvalue weighted by Crippen LogP contribution is 2.47. The van der Waals surface area contributed by atoms with Crippen molar-refractivity contribution in [3.8, 4) is 11.5 Å². The van der Waals surface area contributed by atoms with Crippen molar-refractivity contribution in [2.24, 2.45) is 5.92 Å². The van der Waals surface area contributed by atoms with Gasteiger partial charge in [-0.2, -0.15) is 0 Å². The Morgan fingerprint density at radius 1 is 0.868 bits per heavy atom. The summed E-state index contributed by atoms with van der Waals surface area (Å²) < 4.78 is 19.0. The fraction of sp³-hybridized carbons (Fsp3) is 0.559. The van der Waals surface area contributed by atoms with Crippen LogP contribution in [-0.2, 0) is 17.8 Å². The maximum atomic E-state index is 7.23. The zero-order valence-corrected chi connectivity index (χ0v) is 26.7. The van der Waals surface area contributed by atoms with Crippen molar-refractivity contribution in [3.63, 3.8) is 0 Å². The van der Waals surface area contributed by atoms with Gasteiger partial charge in [-0.05, 0) is 77.1 Å². The Hall–Kier alpha value is -2.26. The molecule has 210 valence electrons. The van der Waals surface area contributed by atoms with E-state index < -0.39 is 8.32 Å². The van der Waals surface area contributed by atoms with E-state index in [4.69, 9.17) is 13.9 Å². The molecule has 0 bridgehead atoms. The van der Waals surface area contributed by atoms with Crippen LogP contribution in [0.5, 0.6) is 11.5 Å². The van der Waals surface area contributed by atoms with E-state index in [2.05, 4.69) is 98.4 Å². The van der Waals surface area contributed by atoms with Gasteiger partial charge >= 0.3 is 0 Å². The van der Waals surface area contributed by atoms with Crippen molar-refractivity contribution < 1.29 is 13.9 Å². The summed E-state index contributed by atoms with van der Waals surface area (Å²) >= 11 is 0. The number of hydrogen-bond donors (Lipinski definition) is 0. The van der Waals surface area contributed by atoms with Crippen molar-refractivity contribution in [2.45, 2.75) is 105 Å². The third kappa shape index (κ3) is 8.37. The third-order valence-corrected chi connectivity index (χ3v) is 13.7. The summed E-state index contributed by atoms with van der Waals surface area (Å²) in [6.07, 6.45) is 4.85. The van der Waals surface area contributed by atoms with E-state index in [9.17, 15) is 0 Å². The summed E-state index contributed by atoms with van der Waals surface area (Å²) in [7, 11) is -0.361. The largest absolute Gasteiger partial charge is 0.540 e. The fourth-order valence-electron chi connectivity index (χ4n) is 5.70. The van der Waals surface area contributed by atoms with Crippen molar-refractivity contribution in [1.29, 1.82) is 0 Å². The molecular weight excluding hydrogens is 484 g/mol. The third-order valence-electron chi connectivity index (χ3n) is 7.75. The lowest BCUT2D eigenvalue weighted by molar-refractivity contribution is 0.125. The zero-order valence-electron chi connectivity index (χ0n) is 25.7. The summed E-state index contributed by atoms with van der Waals surface area (Å²) in [4.78, 5) is 0. The molecule has 3 nitrogen and oxygen atoms in total. The molecule has 0 fully saturated rings. The van der Waals surface area contributed by atoms with E-state index in [1.807, 2.05) is 18.2 Å². The summed E-state index contributed by atoms with van der Waals surface area (Å²) in [5.74, 6) is 2.29. The van der Waals surface area contributed by atoms with Crippen molar-refractivity contribution in [3.05, 3.63) is 76.5 Å². The highest BCUT2D eigenvalue weighted by atomic mass is 28.4. The summed E-state index contributed by atoms with van der Waals surface area (Å²) in [6, 6.07) is 14.7. The van der Waals surface area contributed by atoms with Gasteiger partial charge in [-0.3, -0.25) is 0 Å². The maximum Gasteiger partial charge on any atom is 0.258 e. The number of ether oxygens (including phenoxy) is 2. The quantitative estimate of drug-likeness (QED) is 0.129. The van der Waals surface area contributed by atoms with E-state index in [0.717, 1.165) is 36.3 Å². The molecular formula is C34H52O3Si. The van der Waals surface area contributed by atoms with Crippen molar-refractivity contribution in [1.82, 2.24) is 0 Å². The van der Waals surface area contributed by atoms with Gasteiger partial charge in [0.1, 0.15) is 5.75 Å². The zero-order chi connectivity index (χ0) is 28.3. The maximum absolute atomic E-state index is 7.23. The normalized spacial score (nSPS) is 11.8. The lowest BCUT2D eigenvalue weighted by Crippen LogP contribution is -2.51. The molecule has 0 heterocycles. The molecule has 4 heteroatoms. The van der Waals surface area contributed by atoms with Gasteiger partial charge in [0, 0.05) is 0 Å². The summed E-state index contributed by atoms with van der Waals surface area (Å²) in [5.41, 5.74) is 10.00. The Morgan fingerprint density at radius 3 is 2.05 bits per heavy atom. The number of hydrogen-bond acceptors (Lipinski definition) is 3. The first-order chi connectivity index (χ1) is 18.0. The smallest absolute Gasteiger partial charge is 0.258 e. The average Bonchev–Trinajstić information content (AvgIpc) is 2.86. The predicted molar refractivity (Wildman–Crippen MR) is 165 cm³/mol. The summed E-state index contributed by atoms with van der Waals surface area (Å²) in [5, 5.41) is 0. The highest BCUT2D eigenvalue weighted by molar-refractivity contribution is 6.78. The predicted octanol–water partition coefficient (Wildman–Crippen LogP) is 9.83. The second-order valence-corrected chi connectivity index (χ2v) is 17.1. The van der Waals surface area contributed by atoms with Crippen LogP contribution in [0.25, 0.3) is 0 Å². The van der Waals surface area contributed by atoms with E-state index in [1.165, 1.54) is 16.7 Å². The Balaban J connectivity index is 2.23. The van der Waals surface area contributed by atoms with Crippen LogP contribution in [0.2, 0.25) is 16.6 Å². The van der Waals surface area contributed by atoms with Gasteiger partial charge in [0.25, 0.3) is 8.32 Å². The van der Waals surface area contributed by atoms with Crippen LogP contribution in [0.15, 0.2) is 59.8 Å². The first-order valence-electron chi connectivity index (χ1n) is 14.5. The first-order valence-corrected chi connectivity index (χ1v) is 16.6. The molecule has 0 aromatic heterocycles. The first kappa shape index (κ1) is 32.0. The van der Waals surface area contributed by atoms with E-state index in [1.54, 1.807) is 7.11 Å². The van der Waals surface area contributed by atoms with Gasteiger partial charge in [-0.15, -0.1) is 5.73 Å². The molecule has 0 saturated heterocycles. The second kappa shape index (κ2) is 15.4. The number of aryl methyl sites for hydroxylation is 2. The van der Waals surface area contributed by atoms with Gasteiger partial charge in [-0.25, -0.2) is 0 Å². The number of methoxy groups -OCH3 is 1. The fourth-order valence-corrected chi connectivity index (χ4v) is 11.0. The van der Waals surface area contributed by atoms with Crippen LogP contribution in [0, 0.1) is 12.8 Å². The Bertz CT molecular complexity index is 1030. The Labute approximate surface area is 234 Å². The summed E-state index contributed by atoms with van der Waals surface area (Å²) in [6.45, 7) is 22.0. The van der Waals surface area contributed by atoms with Crippen LogP contribution >= 0.6 is 0 Å². The van der Waals surface area contributed by atoms with Gasteiger partial charge in [0.2, 0.25) is 0 Å². The molecule has 2 aromatic rings. The minimum Gasteiger partial charge on any atom is -0.540 e. The van der Waals surface area contributed by atoms with E-state index in [-0.39, 0.29) is 0 Å². The number of benzene rings is 2. The SMILES string of the molecule is COc1c(C)ccc(CCC(=C=CCCOCc2ccccc2)C(C)C)c1O[Si](C(C)C)(C(C)C)C(C)C. The van der Waals surface area contributed by atoms with Crippen molar-refractivity contribution in [2.75, 3.05) is 13.7 Å².